The molecule has 3 N–H and O–H groups in total. The number of nitrogens with zero attached hydrogens (tertiary/aromatic N) is 2. The third-order valence-corrected chi connectivity index (χ3v) is 4.51. The van der Waals surface area contributed by atoms with E-state index in [2.05, 4.69) is 22.5 Å². The Bertz CT molecular complexity index is 643. The van der Waals surface area contributed by atoms with Crippen LogP contribution in [0.15, 0.2) is 42.6 Å². The van der Waals surface area contributed by atoms with Crippen molar-refractivity contribution in [2.75, 3.05) is 5.32 Å². The highest BCUT2D eigenvalue weighted by Gasteiger charge is 2.25. The largest absolute Gasteiger partial charge is 0.328 e. The number of halogens is 1. The number of rotatable bonds is 5. The van der Waals surface area contributed by atoms with Gasteiger partial charge in [-0.05, 0) is 31.2 Å². The van der Waals surface area contributed by atoms with Gasteiger partial charge in [-0.2, -0.15) is 5.10 Å². The first-order chi connectivity index (χ1) is 11.2. The van der Waals surface area contributed by atoms with Crippen LogP contribution in [0.3, 0.4) is 0 Å². The molecule has 1 heterocycles. The summed E-state index contributed by atoms with van der Waals surface area (Å²) in [4.78, 5) is 12.4. The van der Waals surface area contributed by atoms with Crippen LogP contribution in [0, 0.1) is 5.92 Å². The first-order valence-corrected chi connectivity index (χ1v) is 8.34. The van der Waals surface area contributed by atoms with Crippen LogP contribution in [0.1, 0.15) is 31.2 Å². The second-order valence-electron chi connectivity index (χ2n) is 6.29. The minimum atomic E-state index is 0. The van der Waals surface area contributed by atoms with Crippen molar-refractivity contribution in [2.45, 2.75) is 44.7 Å². The number of amides is 1. The lowest BCUT2D eigenvalue weighted by Crippen LogP contribution is -2.34. The zero-order valence-electron chi connectivity index (χ0n) is 13.7. The van der Waals surface area contributed by atoms with Gasteiger partial charge in [-0.25, -0.2) is 4.68 Å². The van der Waals surface area contributed by atoms with Crippen molar-refractivity contribution in [2.24, 2.45) is 11.7 Å². The summed E-state index contributed by atoms with van der Waals surface area (Å²) in [6.07, 6.45) is 6.39. The molecule has 0 bridgehead atoms. The second-order valence-corrected chi connectivity index (χ2v) is 6.29. The molecule has 0 radical (unpaired) electrons. The van der Waals surface area contributed by atoms with E-state index in [1.807, 2.05) is 28.9 Å². The zero-order chi connectivity index (χ0) is 16.1. The van der Waals surface area contributed by atoms with Crippen LogP contribution >= 0.6 is 12.4 Å². The minimum absolute atomic E-state index is 0. The third-order valence-electron chi connectivity index (χ3n) is 4.51. The summed E-state index contributed by atoms with van der Waals surface area (Å²) in [6.45, 7) is 0.747. The molecule has 130 valence electrons. The summed E-state index contributed by atoms with van der Waals surface area (Å²) in [5, 5.41) is 7.34. The first kappa shape index (κ1) is 18.5. The minimum Gasteiger partial charge on any atom is -0.328 e. The Balaban J connectivity index is 0.00000208. The fourth-order valence-electron chi connectivity index (χ4n) is 3.19. The van der Waals surface area contributed by atoms with E-state index >= 15 is 0 Å². The predicted molar refractivity (Wildman–Crippen MR) is 98.2 cm³/mol. The number of carbonyl (C=O) groups is 1. The number of anilines is 1. The van der Waals surface area contributed by atoms with E-state index in [1.54, 1.807) is 6.20 Å². The first-order valence-electron chi connectivity index (χ1n) is 8.34. The highest BCUT2D eigenvalue weighted by atomic mass is 35.5. The Hall–Kier alpha value is -1.85. The Morgan fingerprint density at radius 3 is 2.79 bits per heavy atom. The van der Waals surface area contributed by atoms with Gasteiger partial charge < -0.3 is 11.1 Å². The molecule has 1 fully saturated rings. The van der Waals surface area contributed by atoms with Gasteiger partial charge in [0.1, 0.15) is 5.82 Å². The average molecular weight is 349 g/mol. The molecule has 2 aromatic rings. The molecule has 0 saturated heterocycles. The van der Waals surface area contributed by atoms with Gasteiger partial charge in [0.2, 0.25) is 5.91 Å². The lowest BCUT2D eigenvalue weighted by Gasteiger charge is -2.25. The van der Waals surface area contributed by atoms with Crippen LogP contribution in [0.5, 0.6) is 0 Å². The van der Waals surface area contributed by atoms with Crippen molar-refractivity contribution >= 4 is 24.1 Å². The van der Waals surface area contributed by atoms with Crippen molar-refractivity contribution in [3.8, 4) is 0 Å². The third kappa shape index (κ3) is 4.82. The van der Waals surface area contributed by atoms with Crippen LogP contribution in [0.4, 0.5) is 5.82 Å². The van der Waals surface area contributed by atoms with Gasteiger partial charge in [0, 0.05) is 24.6 Å². The molecule has 0 spiro atoms. The van der Waals surface area contributed by atoms with Gasteiger partial charge in [-0.3, -0.25) is 4.79 Å². The number of hydrogen-bond acceptors (Lipinski definition) is 3. The highest BCUT2D eigenvalue weighted by Crippen LogP contribution is 2.24. The van der Waals surface area contributed by atoms with Crippen LogP contribution < -0.4 is 11.1 Å². The maximum atomic E-state index is 12.4. The maximum Gasteiger partial charge on any atom is 0.228 e. The summed E-state index contributed by atoms with van der Waals surface area (Å²) in [6, 6.07) is 12.3. The van der Waals surface area contributed by atoms with Gasteiger partial charge in [0.05, 0.1) is 6.20 Å². The Morgan fingerprint density at radius 1 is 1.25 bits per heavy atom. The Labute approximate surface area is 149 Å². The van der Waals surface area contributed by atoms with Gasteiger partial charge in [0.15, 0.2) is 0 Å². The molecule has 1 amide bonds. The molecule has 1 aromatic heterocycles. The number of benzene rings is 1. The molecule has 1 aliphatic carbocycles. The molecule has 24 heavy (non-hydrogen) atoms. The SMILES string of the molecule is Cl.NC1CCCC(C(=O)Nc2ccnn2CCc2ccccc2)C1. The van der Waals surface area contributed by atoms with Crippen molar-refractivity contribution in [1.82, 2.24) is 9.78 Å². The molecule has 1 aromatic carbocycles. The van der Waals surface area contributed by atoms with Gasteiger partial charge in [-0.1, -0.05) is 36.8 Å². The van der Waals surface area contributed by atoms with Crippen LogP contribution in [-0.2, 0) is 17.8 Å². The lowest BCUT2D eigenvalue weighted by molar-refractivity contribution is -0.120. The van der Waals surface area contributed by atoms with E-state index in [-0.39, 0.29) is 30.3 Å². The summed E-state index contributed by atoms with van der Waals surface area (Å²) < 4.78 is 1.85. The molecular weight excluding hydrogens is 324 g/mol. The smallest absolute Gasteiger partial charge is 0.228 e. The van der Waals surface area contributed by atoms with Gasteiger partial charge >= 0.3 is 0 Å². The van der Waals surface area contributed by atoms with Gasteiger partial charge in [-0.15, -0.1) is 12.4 Å². The summed E-state index contributed by atoms with van der Waals surface area (Å²) in [7, 11) is 0. The number of carbonyl (C=O) groups excluding carboxylic acids is 1. The number of hydrogen-bond donors (Lipinski definition) is 2. The van der Waals surface area contributed by atoms with Crippen LogP contribution in [0.25, 0.3) is 0 Å². The molecule has 1 aliphatic rings. The van der Waals surface area contributed by atoms with E-state index in [0.717, 1.165) is 44.5 Å². The molecule has 3 rings (SSSR count). The molecule has 0 aliphatic heterocycles. The number of aromatic nitrogens is 2. The quantitative estimate of drug-likeness (QED) is 0.872. The molecular formula is C18H25ClN4O. The molecule has 6 heteroatoms. The molecule has 2 atom stereocenters. The van der Waals surface area contributed by atoms with Gasteiger partial charge in [0.25, 0.3) is 0 Å². The van der Waals surface area contributed by atoms with E-state index in [9.17, 15) is 4.79 Å². The van der Waals surface area contributed by atoms with Crippen molar-refractivity contribution < 1.29 is 4.79 Å². The Morgan fingerprint density at radius 2 is 2.04 bits per heavy atom. The van der Waals surface area contributed by atoms with Crippen molar-refractivity contribution in [1.29, 1.82) is 0 Å². The highest BCUT2D eigenvalue weighted by molar-refractivity contribution is 5.91. The van der Waals surface area contributed by atoms with E-state index < -0.39 is 0 Å². The van der Waals surface area contributed by atoms with Crippen molar-refractivity contribution in [3.05, 3.63) is 48.2 Å². The summed E-state index contributed by atoms with van der Waals surface area (Å²) in [5.74, 6) is 0.864. The monoisotopic (exact) mass is 348 g/mol. The normalized spacial score (nSPS) is 20.2. The van der Waals surface area contributed by atoms with E-state index in [0.29, 0.717) is 0 Å². The number of nitrogens with one attached hydrogen (secondary N) is 1. The molecule has 5 nitrogen and oxygen atoms in total. The zero-order valence-corrected chi connectivity index (χ0v) is 14.5. The Kier molecular flexibility index (Phi) is 6.82. The summed E-state index contributed by atoms with van der Waals surface area (Å²) >= 11 is 0. The standard InChI is InChI=1S/C18H24N4O.ClH/c19-16-8-4-7-15(13-16)18(23)21-17-9-11-20-22(17)12-10-14-5-2-1-3-6-14;/h1-3,5-6,9,11,15-16H,4,7-8,10,12-13,19H2,(H,21,23);1H. The fraction of sp³-hybridized carbons (Fsp3) is 0.444. The topological polar surface area (TPSA) is 72.9 Å². The van der Waals surface area contributed by atoms with E-state index in [1.165, 1.54) is 5.56 Å². The average Bonchev–Trinajstić information content (AvgIpc) is 3.01. The number of nitrogens with two attached hydrogens (primary N) is 1. The lowest BCUT2D eigenvalue weighted by atomic mass is 9.85. The van der Waals surface area contributed by atoms with Crippen LogP contribution in [0.2, 0.25) is 0 Å². The molecule has 1 saturated carbocycles. The van der Waals surface area contributed by atoms with Crippen LogP contribution in [-0.4, -0.2) is 21.7 Å². The summed E-state index contributed by atoms with van der Waals surface area (Å²) in [5.41, 5.74) is 7.24. The molecule has 2 unspecified atom stereocenters. The predicted octanol–water partition coefficient (Wildman–Crippen LogP) is 3.00. The number of aryl methyl sites for hydroxylation is 2. The van der Waals surface area contributed by atoms with Crippen molar-refractivity contribution in [3.63, 3.8) is 0 Å². The van der Waals surface area contributed by atoms with E-state index in [4.69, 9.17) is 5.73 Å². The second kappa shape index (κ2) is 8.85. The maximum absolute atomic E-state index is 12.4. The fourth-order valence-corrected chi connectivity index (χ4v) is 3.19.